The predicted octanol–water partition coefficient (Wildman–Crippen LogP) is 2.94. The van der Waals surface area contributed by atoms with Crippen molar-refractivity contribution >= 4 is 17.5 Å². The maximum absolute atomic E-state index is 12.9. The zero-order valence-electron chi connectivity index (χ0n) is 12.5. The Labute approximate surface area is 125 Å². The maximum Gasteiger partial charge on any atom is 0.244 e. The molecule has 0 atom stereocenters. The molecule has 0 radical (unpaired) electrons. The lowest BCUT2D eigenvalue weighted by Crippen LogP contribution is -2.45. The van der Waals surface area contributed by atoms with Crippen molar-refractivity contribution in [3.05, 3.63) is 29.8 Å². The quantitative estimate of drug-likeness (QED) is 0.863. The molecule has 112 valence electrons. The van der Waals surface area contributed by atoms with Gasteiger partial charge in [0.2, 0.25) is 11.8 Å². The van der Waals surface area contributed by atoms with E-state index in [1.807, 2.05) is 24.3 Å². The van der Waals surface area contributed by atoms with Crippen molar-refractivity contribution in [1.82, 2.24) is 4.90 Å². The Hall–Kier alpha value is -1.84. The van der Waals surface area contributed by atoms with Crippen LogP contribution in [0.3, 0.4) is 0 Å². The van der Waals surface area contributed by atoms with Crippen molar-refractivity contribution in [2.45, 2.75) is 45.6 Å². The summed E-state index contributed by atoms with van der Waals surface area (Å²) in [6.07, 6.45) is 5.31. The van der Waals surface area contributed by atoms with Crippen molar-refractivity contribution in [2.24, 2.45) is 5.41 Å². The minimum Gasteiger partial charge on any atom is -0.328 e. The van der Waals surface area contributed by atoms with E-state index in [0.717, 1.165) is 36.9 Å². The lowest BCUT2D eigenvalue weighted by atomic mass is 9.74. The zero-order valence-corrected chi connectivity index (χ0v) is 12.5. The first-order chi connectivity index (χ1) is 10.1. The molecular formula is C17H22N2O2. The topological polar surface area (TPSA) is 49.4 Å². The molecular weight excluding hydrogens is 264 g/mol. The first-order valence-electron chi connectivity index (χ1n) is 7.76. The highest BCUT2D eigenvalue weighted by Crippen LogP contribution is 2.38. The van der Waals surface area contributed by atoms with Crippen molar-refractivity contribution < 1.29 is 9.59 Å². The molecule has 1 aromatic carbocycles. The molecule has 0 spiro atoms. The van der Waals surface area contributed by atoms with E-state index in [2.05, 4.69) is 12.2 Å². The molecule has 1 N–H and O–H groups in total. The number of anilines is 1. The monoisotopic (exact) mass is 286 g/mol. The van der Waals surface area contributed by atoms with Crippen LogP contribution in [0.1, 0.15) is 44.6 Å². The Balaban J connectivity index is 1.85. The summed E-state index contributed by atoms with van der Waals surface area (Å²) in [5.74, 6) is 0.0294. The van der Waals surface area contributed by atoms with Gasteiger partial charge in [0, 0.05) is 17.6 Å². The molecule has 4 heteroatoms. The fraction of sp³-hybridized carbons (Fsp3) is 0.529. The average molecular weight is 286 g/mol. The number of para-hydroxylation sites is 1. The maximum atomic E-state index is 12.9. The van der Waals surface area contributed by atoms with E-state index in [-0.39, 0.29) is 23.8 Å². The molecule has 1 saturated carbocycles. The van der Waals surface area contributed by atoms with Gasteiger partial charge in [0.1, 0.15) is 6.54 Å². The second-order valence-corrected chi connectivity index (χ2v) is 6.49. The van der Waals surface area contributed by atoms with E-state index in [9.17, 15) is 9.59 Å². The number of carbonyl (C=O) groups is 2. The Morgan fingerprint density at radius 2 is 1.86 bits per heavy atom. The number of benzene rings is 1. The molecule has 1 aromatic rings. The molecule has 1 fully saturated rings. The smallest absolute Gasteiger partial charge is 0.244 e. The van der Waals surface area contributed by atoms with Crippen LogP contribution < -0.4 is 5.32 Å². The Morgan fingerprint density at radius 1 is 1.14 bits per heavy atom. The molecule has 0 aromatic heterocycles. The molecule has 3 rings (SSSR count). The average Bonchev–Trinajstić information content (AvgIpc) is 2.65. The van der Waals surface area contributed by atoms with Gasteiger partial charge >= 0.3 is 0 Å². The minimum absolute atomic E-state index is 0.104. The molecule has 1 heterocycles. The third-order valence-corrected chi connectivity index (χ3v) is 4.75. The molecule has 0 unspecified atom stereocenters. The van der Waals surface area contributed by atoms with Crippen LogP contribution in [0.4, 0.5) is 5.69 Å². The van der Waals surface area contributed by atoms with E-state index in [1.165, 1.54) is 6.42 Å². The van der Waals surface area contributed by atoms with Gasteiger partial charge in [0.05, 0.1) is 0 Å². The summed E-state index contributed by atoms with van der Waals surface area (Å²) >= 11 is 0. The van der Waals surface area contributed by atoms with E-state index in [4.69, 9.17) is 0 Å². The summed E-state index contributed by atoms with van der Waals surface area (Å²) in [5.41, 5.74) is 1.54. The van der Waals surface area contributed by atoms with Gasteiger partial charge in [0.15, 0.2) is 0 Å². The van der Waals surface area contributed by atoms with E-state index in [0.29, 0.717) is 6.54 Å². The second-order valence-electron chi connectivity index (χ2n) is 6.49. The number of nitrogens with one attached hydrogen (secondary N) is 1. The van der Waals surface area contributed by atoms with Crippen molar-refractivity contribution in [3.63, 3.8) is 0 Å². The molecule has 2 amide bonds. The Morgan fingerprint density at radius 3 is 2.62 bits per heavy atom. The summed E-state index contributed by atoms with van der Waals surface area (Å²) in [6, 6.07) is 7.72. The van der Waals surface area contributed by atoms with Crippen LogP contribution in [0.2, 0.25) is 0 Å². The largest absolute Gasteiger partial charge is 0.328 e. The fourth-order valence-electron chi connectivity index (χ4n) is 3.48. The first kappa shape index (κ1) is 14.1. The van der Waals surface area contributed by atoms with Gasteiger partial charge in [-0.15, -0.1) is 0 Å². The van der Waals surface area contributed by atoms with Crippen LogP contribution in [-0.4, -0.2) is 23.3 Å². The van der Waals surface area contributed by atoms with E-state index < -0.39 is 0 Å². The van der Waals surface area contributed by atoms with Gasteiger partial charge < -0.3 is 10.2 Å². The lowest BCUT2D eigenvalue weighted by molar-refractivity contribution is -0.145. The Bertz CT molecular complexity index is 562. The molecule has 21 heavy (non-hydrogen) atoms. The Kier molecular flexibility index (Phi) is 3.70. The molecule has 2 aliphatic rings. The van der Waals surface area contributed by atoms with Crippen LogP contribution in [0.15, 0.2) is 24.3 Å². The number of fused-ring (bicyclic) bond motifs is 1. The molecule has 1 aliphatic heterocycles. The third-order valence-electron chi connectivity index (χ3n) is 4.75. The summed E-state index contributed by atoms with van der Waals surface area (Å²) in [5, 5.41) is 2.89. The minimum atomic E-state index is -0.294. The fourth-order valence-corrected chi connectivity index (χ4v) is 3.48. The molecule has 4 nitrogen and oxygen atoms in total. The van der Waals surface area contributed by atoms with Gasteiger partial charge in [-0.1, -0.05) is 44.4 Å². The van der Waals surface area contributed by atoms with Crippen molar-refractivity contribution in [3.8, 4) is 0 Å². The lowest BCUT2D eigenvalue weighted by Gasteiger charge is -2.36. The normalized spacial score (nSPS) is 21.2. The molecule has 0 bridgehead atoms. The van der Waals surface area contributed by atoms with Crippen molar-refractivity contribution in [2.75, 3.05) is 11.9 Å². The number of hydrogen-bond donors (Lipinski definition) is 1. The molecule has 0 saturated heterocycles. The number of rotatable bonds is 1. The van der Waals surface area contributed by atoms with E-state index >= 15 is 0 Å². The zero-order chi connectivity index (χ0) is 14.9. The highest BCUT2D eigenvalue weighted by atomic mass is 16.2. The number of hydrogen-bond acceptors (Lipinski definition) is 2. The first-order valence-corrected chi connectivity index (χ1v) is 7.76. The van der Waals surface area contributed by atoms with Gasteiger partial charge in [0.25, 0.3) is 0 Å². The third kappa shape index (κ3) is 2.80. The van der Waals surface area contributed by atoms with Crippen LogP contribution in [-0.2, 0) is 16.1 Å². The predicted molar refractivity (Wildman–Crippen MR) is 81.7 cm³/mol. The number of nitrogens with zero attached hydrogens (tertiary/aromatic N) is 1. The van der Waals surface area contributed by atoms with Crippen LogP contribution in [0.5, 0.6) is 0 Å². The van der Waals surface area contributed by atoms with Gasteiger partial charge in [-0.25, -0.2) is 0 Å². The highest BCUT2D eigenvalue weighted by molar-refractivity contribution is 5.97. The SMILES string of the molecule is CC1(C(=O)N2CC(=O)Nc3ccccc3C2)CCCCC1. The molecule has 1 aliphatic carbocycles. The highest BCUT2D eigenvalue weighted by Gasteiger charge is 2.38. The van der Waals surface area contributed by atoms with Crippen LogP contribution >= 0.6 is 0 Å². The number of amides is 2. The van der Waals surface area contributed by atoms with Crippen molar-refractivity contribution in [1.29, 1.82) is 0 Å². The summed E-state index contributed by atoms with van der Waals surface area (Å²) in [7, 11) is 0. The van der Waals surface area contributed by atoms with Crippen LogP contribution in [0.25, 0.3) is 0 Å². The number of carbonyl (C=O) groups excluding carboxylic acids is 2. The van der Waals surface area contributed by atoms with Gasteiger partial charge in [-0.3, -0.25) is 9.59 Å². The summed E-state index contributed by atoms with van der Waals surface area (Å²) < 4.78 is 0. The van der Waals surface area contributed by atoms with Gasteiger partial charge in [-0.05, 0) is 24.5 Å². The van der Waals surface area contributed by atoms with Gasteiger partial charge in [-0.2, -0.15) is 0 Å². The summed E-state index contributed by atoms with van der Waals surface area (Å²) in [4.78, 5) is 26.7. The summed E-state index contributed by atoms with van der Waals surface area (Å²) in [6.45, 7) is 2.73. The van der Waals surface area contributed by atoms with Crippen LogP contribution in [0, 0.1) is 5.41 Å². The standard InChI is InChI=1S/C17H22N2O2/c1-17(9-5-2-6-10-17)16(21)19-11-13-7-3-4-8-14(13)18-15(20)12-19/h3-4,7-8H,2,5-6,9-12H2,1H3,(H,18,20). The van der Waals surface area contributed by atoms with E-state index in [1.54, 1.807) is 4.90 Å². The second kappa shape index (κ2) is 5.51.